The highest BCUT2D eigenvalue weighted by Crippen LogP contribution is 2.55. The van der Waals surface area contributed by atoms with Crippen LogP contribution >= 0.6 is 0 Å². The van der Waals surface area contributed by atoms with E-state index in [9.17, 15) is 13.2 Å². The van der Waals surface area contributed by atoms with E-state index >= 15 is 0 Å². The maximum absolute atomic E-state index is 12.3. The average molecular weight is 325 g/mol. The third kappa shape index (κ3) is 2.65. The minimum absolute atomic E-state index is 0.0421. The summed E-state index contributed by atoms with van der Waals surface area (Å²) in [6.07, 6.45) is 0.896. The molecule has 1 aromatic carbocycles. The van der Waals surface area contributed by atoms with E-state index in [1.165, 1.54) is 0 Å². The Morgan fingerprint density at radius 1 is 1.23 bits per heavy atom. The number of ether oxygens (including phenoxy) is 1. The smallest absolute Gasteiger partial charge is 0.328 e. The Bertz CT molecular complexity index is 653. The second kappa shape index (κ2) is 6.01. The van der Waals surface area contributed by atoms with Gasteiger partial charge in [0.05, 0.1) is 11.9 Å². The molecule has 1 aliphatic carbocycles. The predicted octanol–water partition coefficient (Wildman–Crippen LogP) is 1.41. The molecule has 122 valence electrons. The van der Waals surface area contributed by atoms with Crippen molar-refractivity contribution < 1.29 is 17.9 Å². The molecule has 0 radical (unpaired) electrons. The van der Waals surface area contributed by atoms with Gasteiger partial charge in [-0.15, -0.1) is 0 Å². The SMILES string of the molecule is CCOC(=O)C1(N)C(c2ccc(CC)cc2)C1S(=O)(=O)CC. The molecule has 22 heavy (non-hydrogen) atoms. The lowest BCUT2D eigenvalue weighted by atomic mass is 10.0. The van der Waals surface area contributed by atoms with E-state index in [1.54, 1.807) is 13.8 Å². The van der Waals surface area contributed by atoms with E-state index in [-0.39, 0.29) is 12.4 Å². The molecular weight excluding hydrogens is 302 g/mol. The highest BCUT2D eigenvalue weighted by atomic mass is 32.2. The van der Waals surface area contributed by atoms with E-state index in [0.29, 0.717) is 0 Å². The molecule has 3 unspecified atom stereocenters. The minimum Gasteiger partial charge on any atom is -0.465 e. The van der Waals surface area contributed by atoms with Gasteiger partial charge in [0.15, 0.2) is 9.84 Å². The van der Waals surface area contributed by atoms with Crippen molar-refractivity contribution in [2.75, 3.05) is 12.4 Å². The lowest BCUT2D eigenvalue weighted by molar-refractivity contribution is -0.145. The molecule has 0 bridgehead atoms. The summed E-state index contributed by atoms with van der Waals surface area (Å²) in [5, 5.41) is -0.906. The molecule has 6 heteroatoms. The van der Waals surface area contributed by atoms with Crippen molar-refractivity contribution in [2.24, 2.45) is 5.73 Å². The van der Waals surface area contributed by atoms with Crippen LogP contribution in [0.4, 0.5) is 0 Å². The number of carbonyl (C=O) groups excluding carboxylic acids is 1. The van der Waals surface area contributed by atoms with Gasteiger partial charge in [-0.2, -0.15) is 0 Å². The standard InChI is InChI=1S/C16H23NO4S/c1-4-11-7-9-12(10-8-11)13-14(22(19,20)6-3)16(13,17)15(18)21-5-2/h7-10,13-14H,4-6,17H2,1-3H3. The van der Waals surface area contributed by atoms with Gasteiger partial charge in [0.25, 0.3) is 0 Å². The summed E-state index contributed by atoms with van der Waals surface area (Å²) < 4.78 is 29.6. The summed E-state index contributed by atoms with van der Waals surface area (Å²) in [4.78, 5) is 12.2. The zero-order valence-corrected chi connectivity index (χ0v) is 14.0. The Morgan fingerprint density at radius 2 is 1.82 bits per heavy atom. The first-order valence-corrected chi connectivity index (χ1v) is 9.30. The normalized spacial score (nSPS) is 27.5. The molecule has 5 nitrogen and oxygen atoms in total. The van der Waals surface area contributed by atoms with Crippen molar-refractivity contribution in [3.8, 4) is 0 Å². The topological polar surface area (TPSA) is 86.5 Å². The summed E-state index contributed by atoms with van der Waals surface area (Å²) in [5.41, 5.74) is 6.63. The number of sulfone groups is 1. The fourth-order valence-electron chi connectivity index (χ4n) is 2.97. The fourth-order valence-corrected chi connectivity index (χ4v) is 4.88. The van der Waals surface area contributed by atoms with Crippen LogP contribution in [0.3, 0.4) is 0 Å². The van der Waals surface area contributed by atoms with E-state index in [2.05, 4.69) is 0 Å². The van der Waals surface area contributed by atoms with Crippen molar-refractivity contribution >= 4 is 15.8 Å². The number of hydrogen-bond donors (Lipinski definition) is 1. The quantitative estimate of drug-likeness (QED) is 0.799. The van der Waals surface area contributed by atoms with Crippen LogP contribution in [0.1, 0.15) is 37.8 Å². The summed E-state index contributed by atoms with van der Waals surface area (Å²) >= 11 is 0. The number of carbonyl (C=O) groups is 1. The Morgan fingerprint density at radius 3 is 2.27 bits per heavy atom. The predicted molar refractivity (Wildman–Crippen MR) is 85.4 cm³/mol. The molecule has 1 aromatic rings. The van der Waals surface area contributed by atoms with Gasteiger partial charge in [0.1, 0.15) is 5.54 Å². The van der Waals surface area contributed by atoms with Gasteiger partial charge in [0, 0.05) is 11.7 Å². The molecule has 0 heterocycles. The number of rotatable bonds is 6. The third-order valence-electron chi connectivity index (χ3n) is 4.34. The van der Waals surface area contributed by atoms with Crippen molar-refractivity contribution in [1.82, 2.24) is 0 Å². The Balaban J connectivity index is 2.40. The Kier molecular flexibility index (Phi) is 4.63. The van der Waals surface area contributed by atoms with Gasteiger partial charge in [0.2, 0.25) is 0 Å². The van der Waals surface area contributed by atoms with Crippen LogP contribution in [0.25, 0.3) is 0 Å². The van der Waals surface area contributed by atoms with Crippen LogP contribution in [-0.4, -0.2) is 37.5 Å². The van der Waals surface area contributed by atoms with Crippen LogP contribution in [0.5, 0.6) is 0 Å². The zero-order chi connectivity index (χ0) is 16.5. The Hall–Kier alpha value is -1.40. The van der Waals surface area contributed by atoms with Crippen LogP contribution in [0, 0.1) is 0 Å². The second-order valence-corrected chi connectivity index (χ2v) is 8.01. The zero-order valence-electron chi connectivity index (χ0n) is 13.2. The number of esters is 1. The maximum Gasteiger partial charge on any atom is 0.328 e. The lowest BCUT2D eigenvalue weighted by Gasteiger charge is -2.11. The lowest BCUT2D eigenvalue weighted by Crippen LogP contribution is -2.41. The second-order valence-electron chi connectivity index (χ2n) is 5.60. The minimum atomic E-state index is -3.43. The first-order valence-electron chi connectivity index (χ1n) is 7.59. The highest BCUT2D eigenvalue weighted by Gasteiger charge is 2.74. The van der Waals surface area contributed by atoms with Gasteiger partial charge in [-0.3, -0.25) is 0 Å². The molecule has 1 saturated carbocycles. The van der Waals surface area contributed by atoms with Gasteiger partial charge < -0.3 is 10.5 Å². The number of nitrogens with two attached hydrogens (primary N) is 1. The molecule has 1 fully saturated rings. The summed E-state index contributed by atoms with van der Waals surface area (Å²) in [6, 6.07) is 7.59. The molecule has 0 aromatic heterocycles. The number of aryl methyl sites for hydroxylation is 1. The molecular formula is C16H23NO4S. The third-order valence-corrected chi connectivity index (χ3v) is 6.59. The molecule has 3 atom stereocenters. The summed E-state index contributed by atoms with van der Waals surface area (Å²) in [5.74, 6) is -1.22. The molecule has 1 aliphatic rings. The van der Waals surface area contributed by atoms with E-state index in [0.717, 1.165) is 17.5 Å². The summed E-state index contributed by atoms with van der Waals surface area (Å²) in [7, 11) is -3.43. The number of hydrogen-bond acceptors (Lipinski definition) is 5. The van der Waals surface area contributed by atoms with Crippen LogP contribution < -0.4 is 5.73 Å². The van der Waals surface area contributed by atoms with Crippen molar-refractivity contribution in [3.05, 3.63) is 35.4 Å². The first kappa shape index (κ1) is 17.0. The van der Waals surface area contributed by atoms with Gasteiger partial charge in [-0.05, 0) is 24.5 Å². The van der Waals surface area contributed by atoms with Crippen LogP contribution in [0.2, 0.25) is 0 Å². The highest BCUT2D eigenvalue weighted by molar-refractivity contribution is 7.92. The van der Waals surface area contributed by atoms with Crippen molar-refractivity contribution in [3.63, 3.8) is 0 Å². The first-order chi connectivity index (χ1) is 10.3. The molecule has 2 N–H and O–H groups in total. The van der Waals surface area contributed by atoms with Crippen LogP contribution in [-0.2, 0) is 25.8 Å². The Labute approximate surface area is 131 Å². The van der Waals surface area contributed by atoms with Gasteiger partial charge in [-0.1, -0.05) is 38.1 Å². The van der Waals surface area contributed by atoms with Crippen LogP contribution in [0.15, 0.2) is 24.3 Å². The van der Waals surface area contributed by atoms with E-state index < -0.39 is 32.5 Å². The van der Waals surface area contributed by atoms with E-state index in [4.69, 9.17) is 10.5 Å². The summed E-state index contributed by atoms with van der Waals surface area (Å²) in [6.45, 7) is 5.47. The molecule has 0 spiro atoms. The number of benzene rings is 1. The largest absolute Gasteiger partial charge is 0.465 e. The average Bonchev–Trinajstić information content (AvgIpc) is 3.16. The van der Waals surface area contributed by atoms with Gasteiger partial charge in [-0.25, -0.2) is 13.2 Å². The monoisotopic (exact) mass is 325 g/mol. The van der Waals surface area contributed by atoms with Crippen molar-refractivity contribution in [1.29, 1.82) is 0 Å². The molecule has 0 aliphatic heterocycles. The molecule has 0 amide bonds. The van der Waals surface area contributed by atoms with E-state index in [1.807, 2.05) is 31.2 Å². The fraction of sp³-hybridized carbons (Fsp3) is 0.562. The van der Waals surface area contributed by atoms with Gasteiger partial charge >= 0.3 is 5.97 Å². The van der Waals surface area contributed by atoms with Crippen molar-refractivity contribution in [2.45, 2.75) is 43.9 Å². The maximum atomic E-state index is 12.3. The molecule has 0 saturated heterocycles. The molecule has 2 rings (SSSR count).